The summed E-state index contributed by atoms with van der Waals surface area (Å²) in [6.07, 6.45) is 0. The summed E-state index contributed by atoms with van der Waals surface area (Å²) in [5.41, 5.74) is 1.21. The van der Waals surface area contributed by atoms with Crippen LogP contribution in [0, 0.1) is 0 Å². The quantitative estimate of drug-likeness (QED) is 0.716. The van der Waals surface area contributed by atoms with E-state index in [0.29, 0.717) is 28.5 Å². The van der Waals surface area contributed by atoms with Crippen molar-refractivity contribution in [3.63, 3.8) is 0 Å². The molecule has 0 aliphatic carbocycles. The monoisotopic (exact) mass is 403 g/mol. The van der Waals surface area contributed by atoms with Gasteiger partial charge in [0.15, 0.2) is 11.5 Å². The second-order valence-electron chi connectivity index (χ2n) is 7.24. The number of ether oxygens (including phenoxy) is 3. The number of methoxy groups -OCH3 is 3. The molecule has 7 nitrogen and oxygen atoms in total. The second kappa shape index (κ2) is 8.94. The Morgan fingerprint density at radius 2 is 1.41 bits per heavy atom. The fourth-order valence-corrected chi connectivity index (χ4v) is 3.21. The Morgan fingerprint density at radius 3 is 1.83 bits per heavy atom. The van der Waals surface area contributed by atoms with Crippen molar-refractivity contribution in [2.24, 2.45) is 0 Å². The van der Waals surface area contributed by atoms with E-state index in [2.05, 4.69) is 0 Å². The van der Waals surface area contributed by atoms with Crippen LogP contribution < -0.4 is 19.1 Å². The maximum atomic E-state index is 13.4. The third-order valence-electron chi connectivity index (χ3n) is 4.66. The van der Waals surface area contributed by atoms with Crippen molar-refractivity contribution in [2.75, 3.05) is 26.2 Å². The van der Waals surface area contributed by atoms with Gasteiger partial charge in [-0.1, -0.05) is 13.8 Å². The fraction of sp³-hybridized carbons (Fsp3) is 0.409. The zero-order chi connectivity index (χ0) is 21.9. The minimum atomic E-state index is -0.409. The smallest absolute Gasteiger partial charge is 0.262 e. The molecule has 0 spiro atoms. The van der Waals surface area contributed by atoms with Crippen molar-refractivity contribution in [3.8, 4) is 28.7 Å². The zero-order valence-corrected chi connectivity index (χ0v) is 17.9. The minimum absolute atomic E-state index is 0.0178. The molecule has 0 atom stereocenters. The first-order valence-electron chi connectivity index (χ1n) is 9.35. The molecular weight excluding hydrogens is 374 g/mol. The van der Waals surface area contributed by atoms with Gasteiger partial charge in [0.25, 0.3) is 5.91 Å². The molecule has 0 saturated carbocycles. The van der Waals surface area contributed by atoms with Gasteiger partial charge < -0.3 is 29.3 Å². The second-order valence-corrected chi connectivity index (χ2v) is 7.24. The van der Waals surface area contributed by atoms with Gasteiger partial charge in [-0.3, -0.25) is 4.79 Å². The van der Waals surface area contributed by atoms with E-state index >= 15 is 0 Å². The van der Waals surface area contributed by atoms with E-state index in [1.165, 1.54) is 38.4 Å². The highest BCUT2D eigenvalue weighted by molar-refractivity contribution is 6.08. The Hall–Kier alpha value is -3.09. The minimum Gasteiger partial charge on any atom is -0.508 e. The van der Waals surface area contributed by atoms with Gasteiger partial charge in [0.1, 0.15) is 11.5 Å². The van der Waals surface area contributed by atoms with Crippen LogP contribution in [0.2, 0.25) is 0 Å². The first-order chi connectivity index (χ1) is 13.7. The number of carbonyl (C=O) groups excluding carboxylic acids is 1. The highest BCUT2D eigenvalue weighted by Gasteiger charge is 2.27. The lowest BCUT2D eigenvalue weighted by Gasteiger charge is -2.29. The summed E-state index contributed by atoms with van der Waals surface area (Å²) in [7, 11) is 4.51. The Kier molecular flexibility index (Phi) is 6.84. The number of phenolic OH excluding ortho intramolecular Hbond substituents is 2. The summed E-state index contributed by atoms with van der Waals surface area (Å²) in [6.45, 7) is 7.53. The normalized spacial score (nSPS) is 10.9. The number of amides is 1. The Balaban J connectivity index is 2.64. The van der Waals surface area contributed by atoms with E-state index in [0.717, 1.165) is 0 Å². The molecule has 0 saturated heterocycles. The lowest BCUT2D eigenvalue weighted by Crippen LogP contribution is -2.37. The topological polar surface area (TPSA) is 88.5 Å². The van der Waals surface area contributed by atoms with Crippen LogP contribution in [0.4, 0.5) is 5.69 Å². The van der Waals surface area contributed by atoms with Gasteiger partial charge in [-0.05, 0) is 31.4 Å². The molecule has 2 N–H and O–H groups in total. The van der Waals surface area contributed by atoms with Crippen molar-refractivity contribution < 1.29 is 29.2 Å². The van der Waals surface area contributed by atoms with Crippen LogP contribution in [0.3, 0.4) is 0 Å². The molecule has 0 heterocycles. The molecular formula is C22H29NO6. The number of anilines is 1. The maximum absolute atomic E-state index is 13.4. The number of hydrogen-bond acceptors (Lipinski definition) is 6. The number of hydrogen-bond donors (Lipinski definition) is 2. The molecule has 0 aliphatic heterocycles. The van der Waals surface area contributed by atoms with E-state index in [-0.39, 0.29) is 29.0 Å². The van der Waals surface area contributed by atoms with Crippen molar-refractivity contribution in [3.05, 3.63) is 35.4 Å². The van der Waals surface area contributed by atoms with Gasteiger partial charge in [0, 0.05) is 24.2 Å². The first-order valence-corrected chi connectivity index (χ1v) is 9.35. The largest absolute Gasteiger partial charge is 0.508 e. The van der Waals surface area contributed by atoms with E-state index in [4.69, 9.17) is 14.2 Å². The van der Waals surface area contributed by atoms with Crippen molar-refractivity contribution in [1.29, 1.82) is 0 Å². The highest BCUT2D eigenvalue weighted by atomic mass is 16.5. The molecule has 7 heteroatoms. The number of carbonyl (C=O) groups is 1. The van der Waals surface area contributed by atoms with E-state index in [9.17, 15) is 15.0 Å². The highest BCUT2D eigenvalue weighted by Crippen LogP contribution is 2.42. The van der Waals surface area contributed by atoms with Crippen molar-refractivity contribution in [2.45, 2.75) is 39.7 Å². The van der Waals surface area contributed by atoms with Crippen molar-refractivity contribution in [1.82, 2.24) is 0 Å². The molecule has 0 bridgehead atoms. The molecule has 0 aromatic heterocycles. The third-order valence-corrected chi connectivity index (χ3v) is 4.66. The fourth-order valence-electron chi connectivity index (χ4n) is 3.21. The predicted molar refractivity (Wildman–Crippen MR) is 112 cm³/mol. The SMILES string of the molecule is COc1cc(N(C(=O)c2cc(C(C)C)c(O)cc2O)C(C)C)cc(OC)c1OC. The average molecular weight is 403 g/mol. The van der Waals surface area contributed by atoms with Gasteiger partial charge in [-0.15, -0.1) is 0 Å². The zero-order valence-electron chi connectivity index (χ0n) is 17.9. The molecule has 0 fully saturated rings. The number of nitrogens with zero attached hydrogens (tertiary/aromatic N) is 1. The summed E-state index contributed by atoms with van der Waals surface area (Å²) in [5, 5.41) is 20.4. The Morgan fingerprint density at radius 1 is 0.862 bits per heavy atom. The summed E-state index contributed by atoms with van der Waals surface area (Å²) in [5.74, 6) is 0.498. The molecule has 1 amide bonds. The average Bonchev–Trinajstić information content (AvgIpc) is 2.66. The van der Waals surface area contributed by atoms with Gasteiger partial charge >= 0.3 is 0 Å². The van der Waals surface area contributed by atoms with Crippen molar-refractivity contribution >= 4 is 11.6 Å². The molecule has 158 valence electrons. The van der Waals surface area contributed by atoms with Gasteiger partial charge in [-0.25, -0.2) is 0 Å². The van der Waals surface area contributed by atoms with E-state index < -0.39 is 5.91 Å². The number of aromatic hydroxyl groups is 2. The van der Waals surface area contributed by atoms with Gasteiger partial charge in [-0.2, -0.15) is 0 Å². The molecule has 29 heavy (non-hydrogen) atoms. The summed E-state index contributed by atoms with van der Waals surface area (Å²) < 4.78 is 16.2. The number of phenols is 2. The number of rotatable bonds is 7. The van der Waals surface area contributed by atoms with Crippen LogP contribution in [0.25, 0.3) is 0 Å². The third kappa shape index (κ3) is 4.34. The molecule has 2 aromatic carbocycles. The van der Waals surface area contributed by atoms with E-state index in [1.807, 2.05) is 27.7 Å². The molecule has 0 radical (unpaired) electrons. The van der Waals surface area contributed by atoms with Crippen LogP contribution >= 0.6 is 0 Å². The predicted octanol–water partition coefficient (Wildman–Crippen LogP) is 4.30. The molecule has 0 aliphatic rings. The maximum Gasteiger partial charge on any atom is 0.262 e. The van der Waals surface area contributed by atoms with Crippen LogP contribution in [-0.2, 0) is 0 Å². The molecule has 2 rings (SSSR count). The number of benzene rings is 2. The van der Waals surface area contributed by atoms with Gasteiger partial charge in [0.2, 0.25) is 5.75 Å². The summed E-state index contributed by atoms with van der Waals surface area (Å²) in [6, 6.07) is 5.86. The lowest BCUT2D eigenvalue weighted by molar-refractivity contribution is 0.0977. The summed E-state index contributed by atoms with van der Waals surface area (Å²) in [4.78, 5) is 14.9. The van der Waals surface area contributed by atoms with Crippen LogP contribution in [0.15, 0.2) is 24.3 Å². The molecule has 2 aromatic rings. The first kappa shape index (κ1) is 22.2. The van der Waals surface area contributed by atoms with Gasteiger partial charge in [0.05, 0.1) is 32.6 Å². The standard InChI is InChI=1S/C22H29NO6/c1-12(2)15-10-16(18(25)11-17(15)24)22(26)23(13(3)4)14-8-19(27-5)21(29-7)20(9-14)28-6/h8-13,24-25H,1-7H3. The Bertz CT molecular complexity index is 866. The van der Waals surface area contributed by atoms with Crippen LogP contribution in [-0.4, -0.2) is 43.5 Å². The summed E-state index contributed by atoms with van der Waals surface area (Å²) >= 11 is 0. The van der Waals surface area contributed by atoms with Crippen LogP contribution in [0.5, 0.6) is 28.7 Å². The Labute approximate surface area is 171 Å². The van der Waals surface area contributed by atoms with E-state index in [1.54, 1.807) is 12.1 Å². The van der Waals surface area contributed by atoms with Crippen LogP contribution in [0.1, 0.15) is 49.5 Å². The lowest BCUT2D eigenvalue weighted by atomic mass is 9.98. The molecule has 0 unspecified atom stereocenters.